The first-order chi connectivity index (χ1) is 21.2. The van der Waals surface area contributed by atoms with Crippen molar-refractivity contribution in [1.82, 2.24) is 0 Å². The lowest BCUT2D eigenvalue weighted by Crippen LogP contribution is -2.29. The number of rotatable bonds is 3. The fourth-order valence-electron chi connectivity index (χ4n) is 7.85. The summed E-state index contributed by atoms with van der Waals surface area (Å²) in [6.07, 6.45) is -0.706. The van der Waals surface area contributed by atoms with Gasteiger partial charge in [0.2, 0.25) is 0 Å². The Morgan fingerprint density at radius 3 is 2.02 bits per heavy atom. The first-order valence-corrected chi connectivity index (χ1v) is 15.0. The maximum absolute atomic E-state index is 15.8. The molecule has 0 saturated heterocycles. The van der Waals surface area contributed by atoms with Crippen molar-refractivity contribution in [2.45, 2.75) is 18.1 Å². The van der Waals surface area contributed by atoms with Crippen LogP contribution in [0.25, 0.3) is 32.7 Å². The van der Waals surface area contributed by atoms with Crippen LogP contribution in [-0.4, -0.2) is 6.30 Å². The molecule has 0 fully saturated rings. The second-order valence-corrected chi connectivity index (χ2v) is 11.7. The lowest BCUT2D eigenvalue weighted by atomic mass is 9.67. The summed E-state index contributed by atoms with van der Waals surface area (Å²) in [5.41, 5.74) is 9.65. The Kier molecular flexibility index (Phi) is 5.19. The zero-order chi connectivity index (χ0) is 28.5. The van der Waals surface area contributed by atoms with Crippen molar-refractivity contribution in [3.05, 3.63) is 179 Å². The number of halogens is 1. The molecule has 0 spiro atoms. The van der Waals surface area contributed by atoms with Crippen molar-refractivity contribution < 1.29 is 4.39 Å². The first-order valence-electron chi connectivity index (χ1n) is 15.0. The molecule has 1 heterocycles. The molecule has 204 valence electrons. The van der Waals surface area contributed by atoms with Gasteiger partial charge < -0.3 is 4.90 Å². The average molecular weight is 554 g/mol. The van der Waals surface area contributed by atoms with Gasteiger partial charge >= 0.3 is 0 Å². The Bertz CT molecular complexity index is 2140. The van der Waals surface area contributed by atoms with Crippen LogP contribution in [0.3, 0.4) is 0 Å². The van der Waals surface area contributed by atoms with Crippen LogP contribution in [0.15, 0.2) is 152 Å². The van der Waals surface area contributed by atoms with E-state index in [2.05, 4.69) is 127 Å². The highest BCUT2D eigenvalue weighted by Crippen LogP contribution is 2.59. The smallest absolute Gasteiger partial charge is 0.180 e. The number of hydrogen-bond donors (Lipinski definition) is 0. The van der Waals surface area contributed by atoms with Gasteiger partial charge in [-0.1, -0.05) is 133 Å². The third-order valence-electron chi connectivity index (χ3n) is 9.62. The van der Waals surface area contributed by atoms with E-state index in [1.165, 1.54) is 54.9 Å². The van der Waals surface area contributed by atoms with E-state index >= 15 is 4.39 Å². The summed E-state index contributed by atoms with van der Waals surface area (Å²) in [5.74, 6) is 0. The van der Waals surface area contributed by atoms with Crippen LogP contribution < -0.4 is 4.90 Å². The molecule has 2 heteroatoms. The van der Waals surface area contributed by atoms with Crippen molar-refractivity contribution in [1.29, 1.82) is 0 Å². The Balaban J connectivity index is 1.41. The van der Waals surface area contributed by atoms with E-state index in [9.17, 15) is 0 Å². The van der Waals surface area contributed by atoms with Gasteiger partial charge in [-0.2, -0.15) is 0 Å². The molecule has 1 aliphatic carbocycles. The fraction of sp³-hybridized carbons (Fsp3) is 0.0732. The van der Waals surface area contributed by atoms with Gasteiger partial charge in [-0.25, -0.2) is 4.39 Å². The Morgan fingerprint density at radius 2 is 1.23 bits per heavy atom. The van der Waals surface area contributed by atoms with Crippen LogP contribution in [-0.2, 0) is 11.8 Å². The van der Waals surface area contributed by atoms with Crippen molar-refractivity contribution in [2.75, 3.05) is 4.90 Å². The van der Waals surface area contributed by atoms with E-state index in [0.29, 0.717) is 6.42 Å². The topological polar surface area (TPSA) is 3.24 Å². The van der Waals surface area contributed by atoms with E-state index in [-0.39, 0.29) is 0 Å². The van der Waals surface area contributed by atoms with Crippen molar-refractivity contribution in [3.8, 4) is 11.1 Å². The summed E-state index contributed by atoms with van der Waals surface area (Å²) in [7, 11) is 0. The van der Waals surface area contributed by atoms with E-state index in [4.69, 9.17) is 0 Å². The molecule has 0 bridgehead atoms. The van der Waals surface area contributed by atoms with Crippen LogP contribution in [0, 0.1) is 0 Å². The number of hydrogen-bond acceptors (Lipinski definition) is 1. The van der Waals surface area contributed by atoms with Gasteiger partial charge in [-0.15, -0.1) is 0 Å². The molecule has 0 N–H and O–H groups in total. The predicted molar refractivity (Wildman–Crippen MR) is 176 cm³/mol. The number of nitrogens with zero attached hydrogens (tertiary/aromatic N) is 1. The summed E-state index contributed by atoms with van der Waals surface area (Å²) in [6, 6.07) is 54.1. The minimum absolute atomic E-state index is 0.397. The second kappa shape index (κ2) is 9.14. The molecular weight excluding hydrogens is 525 g/mol. The Labute approximate surface area is 250 Å². The molecule has 1 nitrogen and oxygen atoms in total. The first kappa shape index (κ1) is 24.4. The highest BCUT2D eigenvalue weighted by Gasteiger charge is 2.47. The third-order valence-corrected chi connectivity index (χ3v) is 9.62. The number of para-hydroxylation sites is 1. The second-order valence-electron chi connectivity index (χ2n) is 11.7. The van der Waals surface area contributed by atoms with Gasteiger partial charge in [0.1, 0.15) is 0 Å². The lowest BCUT2D eigenvalue weighted by molar-refractivity contribution is 0.353. The van der Waals surface area contributed by atoms with Gasteiger partial charge in [-0.05, 0) is 78.7 Å². The number of benzene rings is 7. The van der Waals surface area contributed by atoms with Crippen molar-refractivity contribution in [3.63, 3.8) is 0 Å². The summed E-state index contributed by atoms with van der Waals surface area (Å²) in [6.45, 7) is 0. The van der Waals surface area contributed by atoms with Crippen LogP contribution in [0.1, 0.15) is 27.8 Å². The van der Waals surface area contributed by atoms with Gasteiger partial charge in [0, 0.05) is 17.8 Å². The highest BCUT2D eigenvalue weighted by atomic mass is 19.1. The molecular formula is C41H28FN. The Morgan fingerprint density at radius 1 is 0.558 bits per heavy atom. The fourth-order valence-corrected chi connectivity index (χ4v) is 7.85. The summed E-state index contributed by atoms with van der Waals surface area (Å²) in [5, 5.41) is 4.99. The van der Waals surface area contributed by atoms with Crippen LogP contribution in [0.4, 0.5) is 15.8 Å². The molecule has 0 radical (unpaired) electrons. The van der Waals surface area contributed by atoms with E-state index < -0.39 is 11.7 Å². The van der Waals surface area contributed by atoms with E-state index in [1.54, 1.807) is 0 Å². The van der Waals surface area contributed by atoms with Crippen LogP contribution >= 0.6 is 0 Å². The number of fused-ring (bicyclic) bond motifs is 8. The summed E-state index contributed by atoms with van der Waals surface area (Å²) in [4.78, 5) is 1.88. The average Bonchev–Trinajstić information content (AvgIpc) is 3.57. The van der Waals surface area contributed by atoms with Gasteiger partial charge in [-0.3, -0.25) is 0 Å². The van der Waals surface area contributed by atoms with Gasteiger partial charge in [0.15, 0.2) is 6.30 Å². The number of anilines is 2. The summed E-state index contributed by atoms with van der Waals surface area (Å²) >= 11 is 0. The maximum atomic E-state index is 15.8. The van der Waals surface area contributed by atoms with Crippen molar-refractivity contribution in [2.24, 2.45) is 0 Å². The predicted octanol–water partition coefficient (Wildman–Crippen LogP) is 10.3. The normalized spacial score (nSPS) is 16.3. The zero-order valence-electron chi connectivity index (χ0n) is 23.5. The van der Waals surface area contributed by atoms with Gasteiger partial charge in [0.05, 0.1) is 5.41 Å². The Hall–Kier alpha value is -5.21. The minimum atomic E-state index is -1.10. The molecule has 0 saturated carbocycles. The van der Waals surface area contributed by atoms with Crippen LogP contribution in [0.5, 0.6) is 0 Å². The molecule has 7 aromatic carbocycles. The van der Waals surface area contributed by atoms with Crippen LogP contribution in [0.2, 0.25) is 0 Å². The lowest BCUT2D eigenvalue weighted by Gasteiger charge is -2.34. The van der Waals surface area contributed by atoms with Crippen molar-refractivity contribution >= 4 is 32.9 Å². The minimum Gasteiger partial charge on any atom is -0.310 e. The monoisotopic (exact) mass is 553 g/mol. The molecule has 1 atom stereocenters. The molecule has 1 unspecified atom stereocenters. The molecule has 0 amide bonds. The largest absolute Gasteiger partial charge is 0.310 e. The quantitative estimate of drug-likeness (QED) is 0.155. The third kappa shape index (κ3) is 3.32. The summed E-state index contributed by atoms with van der Waals surface area (Å²) < 4.78 is 15.8. The van der Waals surface area contributed by atoms with E-state index in [0.717, 1.165) is 16.9 Å². The SMILES string of the molecule is FC1Cc2ccccc2N1c1ccc2c(c1)C(c1ccccc1)(c1ccccc1)c1ccc3c(ccc4ccccc43)c1-2. The molecule has 0 aromatic heterocycles. The highest BCUT2D eigenvalue weighted by molar-refractivity contribution is 6.14. The molecule has 43 heavy (non-hydrogen) atoms. The van der Waals surface area contributed by atoms with Gasteiger partial charge in [0.25, 0.3) is 0 Å². The number of alkyl halides is 1. The molecule has 7 aromatic rings. The molecule has 2 aliphatic rings. The van der Waals surface area contributed by atoms with E-state index in [1.807, 2.05) is 29.2 Å². The standard InChI is InChI=1S/C41H28FN/c42-39-25-28-12-8-10-18-38(28)43(39)31-20-22-35-37(26-31)41(29-13-3-1-4-14-29,30-15-5-2-6-16-30)36-24-23-33-32-17-9-7-11-27(32)19-21-34(33)40(35)36/h1-24,26,39H,25H2. The molecule has 9 rings (SSSR count). The maximum Gasteiger partial charge on any atom is 0.180 e. The molecule has 1 aliphatic heterocycles. The zero-order valence-corrected chi connectivity index (χ0v) is 23.5.